The molecule has 0 bridgehead atoms. The molecule has 1 N–H and O–H groups in total. The molecule has 0 saturated carbocycles. The Labute approximate surface area is 216 Å². The molecule has 0 spiro atoms. The van der Waals surface area contributed by atoms with E-state index in [1.54, 1.807) is 6.20 Å². The molecule has 7 heteroatoms. The van der Waals surface area contributed by atoms with Crippen molar-refractivity contribution in [2.75, 3.05) is 19.5 Å². The molecule has 1 aliphatic rings. The maximum atomic E-state index is 13.6. The van der Waals surface area contributed by atoms with Gasteiger partial charge < -0.3 is 14.8 Å². The maximum Gasteiger partial charge on any atom is 0.337 e. The summed E-state index contributed by atoms with van der Waals surface area (Å²) in [5.74, 6) is -1.11. The zero-order valence-corrected chi connectivity index (χ0v) is 21.3. The monoisotopic (exact) mass is 508 g/mol. The van der Waals surface area contributed by atoms with Gasteiger partial charge in [-0.2, -0.15) is 0 Å². The number of rotatable bonds is 6. The number of aromatic nitrogens is 1. The lowest BCUT2D eigenvalue weighted by molar-refractivity contribution is -0.142. The van der Waals surface area contributed by atoms with Crippen LogP contribution in [-0.2, 0) is 19.1 Å². The van der Waals surface area contributed by atoms with E-state index in [1.807, 2.05) is 97.1 Å². The first kappa shape index (κ1) is 24.4. The van der Waals surface area contributed by atoms with Gasteiger partial charge in [0.1, 0.15) is 5.66 Å². The number of pyridine rings is 1. The molecular weight excluding hydrogens is 483 g/mol. The molecule has 184 valence electrons. The van der Waals surface area contributed by atoms with Crippen LogP contribution in [0.1, 0.15) is 5.56 Å². The predicted octanol–water partition coefficient (Wildman–Crippen LogP) is 4.78. The number of carbonyl (C=O) groups excluding carboxylic acids is 2. The minimum absolute atomic E-state index is 0.211. The molecule has 6 nitrogen and oxygen atoms in total. The normalized spacial score (nSPS) is 14.5. The first-order valence-electron chi connectivity index (χ1n) is 11.7. The third kappa shape index (κ3) is 4.76. The van der Waals surface area contributed by atoms with Crippen molar-refractivity contribution >= 4 is 53.1 Å². The molecule has 0 amide bonds. The zero-order valence-electron chi connectivity index (χ0n) is 20.4. The van der Waals surface area contributed by atoms with E-state index in [0.29, 0.717) is 5.70 Å². The number of benzene rings is 3. The van der Waals surface area contributed by atoms with E-state index in [9.17, 15) is 9.59 Å². The van der Waals surface area contributed by atoms with Gasteiger partial charge in [0.2, 0.25) is 0 Å². The van der Waals surface area contributed by atoms with Crippen molar-refractivity contribution in [3.63, 3.8) is 0 Å². The van der Waals surface area contributed by atoms with Gasteiger partial charge in [-0.15, -0.1) is 0 Å². The van der Waals surface area contributed by atoms with Gasteiger partial charge in [0.15, 0.2) is 0 Å². The molecule has 1 unspecified atom stereocenters. The summed E-state index contributed by atoms with van der Waals surface area (Å²) in [5, 5.41) is 6.24. The number of hydrogen-bond donors (Lipinski definition) is 1. The molecule has 0 radical (unpaired) electrons. The molecule has 1 aliphatic heterocycles. The van der Waals surface area contributed by atoms with E-state index in [2.05, 4.69) is 10.3 Å². The highest BCUT2D eigenvalue weighted by atomic mass is 31.1. The Kier molecular flexibility index (Phi) is 7.11. The third-order valence-corrected chi connectivity index (χ3v) is 8.91. The van der Waals surface area contributed by atoms with Crippen LogP contribution in [0, 0.1) is 0 Å². The minimum atomic E-state index is -1.39. The van der Waals surface area contributed by atoms with Crippen molar-refractivity contribution in [3.8, 4) is 0 Å². The molecule has 2 heterocycles. The fourth-order valence-electron chi connectivity index (χ4n) is 4.50. The quantitative estimate of drug-likeness (QED) is 0.230. The number of hydrogen-bond acceptors (Lipinski definition) is 6. The molecule has 1 aromatic heterocycles. The number of nitrogens with zero attached hydrogens (tertiary/aromatic N) is 1. The van der Waals surface area contributed by atoms with Crippen molar-refractivity contribution in [2.24, 2.45) is 0 Å². The number of ether oxygens (including phenoxy) is 2. The first-order chi connectivity index (χ1) is 18.1. The van der Waals surface area contributed by atoms with Crippen LogP contribution in [0.3, 0.4) is 0 Å². The molecular formula is C30H25N2O4P. The number of carbonyl (C=O) groups is 2. The molecule has 37 heavy (non-hydrogen) atoms. The van der Waals surface area contributed by atoms with Crippen molar-refractivity contribution in [3.05, 3.63) is 114 Å². The van der Waals surface area contributed by atoms with Crippen molar-refractivity contribution in [1.82, 2.24) is 4.98 Å². The second-order valence-corrected chi connectivity index (χ2v) is 10.6. The van der Waals surface area contributed by atoms with Crippen LogP contribution in [0.4, 0.5) is 5.69 Å². The lowest BCUT2D eigenvalue weighted by atomic mass is 10.0. The van der Waals surface area contributed by atoms with Gasteiger partial charge in [-0.25, -0.2) is 4.79 Å². The number of nitrogens with one attached hydrogen (secondary N) is 1. The summed E-state index contributed by atoms with van der Waals surface area (Å²) in [6.45, 7) is 0. The van der Waals surface area contributed by atoms with E-state index in [-0.39, 0.29) is 5.57 Å². The topological polar surface area (TPSA) is 77.5 Å². The van der Waals surface area contributed by atoms with E-state index >= 15 is 0 Å². The van der Waals surface area contributed by atoms with Crippen LogP contribution in [0.5, 0.6) is 0 Å². The zero-order chi connectivity index (χ0) is 25.8. The minimum Gasteiger partial charge on any atom is -0.468 e. The summed E-state index contributed by atoms with van der Waals surface area (Å²) in [4.78, 5) is 31.6. The Bertz CT molecular complexity index is 1480. The summed E-state index contributed by atoms with van der Waals surface area (Å²) in [7, 11) is 1.28. The van der Waals surface area contributed by atoms with Gasteiger partial charge in [0.05, 0.1) is 36.7 Å². The smallest absolute Gasteiger partial charge is 0.337 e. The van der Waals surface area contributed by atoms with Gasteiger partial charge in [0.25, 0.3) is 0 Å². The first-order valence-corrected chi connectivity index (χ1v) is 13.2. The standard InChI is InChI=1S/C30H25N2O4P/c1-35-29(33)25(24-18-17-21-16-15-20-10-9-19-31-26(20)27(21)32-24)28(30(34)36-2)37(22-11-5-3-6-12-22)23-13-7-4-8-14-23/h3-19,28,32H,1-2H3/b25-24-. The molecule has 0 aliphatic carbocycles. The van der Waals surface area contributed by atoms with Crippen LogP contribution in [0.2, 0.25) is 0 Å². The van der Waals surface area contributed by atoms with Crippen molar-refractivity contribution < 1.29 is 19.1 Å². The maximum absolute atomic E-state index is 13.6. The van der Waals surface area contributed by atoms with E-state index in [4.69, 9.17) is 9.47 Å². The van der Waals surface area contributed by atoms with Crippen LogP contribution in [0.25, 0.3) is 17.0 Å². The van der Waals surface area contributed by atoms with Crippen LogP contribution in [0.15, 0.2) is 108 Å². The summed E-state index contributed by atoms with van der Waals surface area (Å²) < 4.78 is 10.6. The van der Waals surface area contributed by atoms with Gasteiger partial charge >= 0.3 is 11.9 Å². The Morgan fingerprint density at radius 2 is 1.49 bits per heavy atom. The number of methoxy groups -OCH3 is 2. The second kappa shape index (κ2) is 10.8. The average molecular weight is 509 g/mol. The number of fused-ring (bicyclic) bond motifs is 3. The number of esters is 2. The Morgan fingerprint density at radius 3 is 2.11 bits per heavy atom. The summed E-state index contributed by atoms with van der Waals surface area (Å²) in [6, 6.07) is 27.3. The predicted molar refractivity (Wildman–Crippen MR) is 148 cm³/mol. The van der Waals surface area contributed by atoms with Crippen molar-refractivity contribution in [1.29, 1.82) is 0 Å². The van der Waals surface area contributed by atoms with Gasteiger partial charge in [-0.3, -0.25) is 9.78 Å². The fraction of sp³-hybridized carbons (Fsp3) is 0.100. The van der Waals surface area contributed by atoms with E-state index in [0.717, 1.165) is 32.8 Å². The lowest BCUT2D eigenvalue weighted by Gasteiger charge is -2.30. The Morgan fingerprint density at radius 1 is 0.811 bits per heavy atom. The largest absolute Gasteiger partial charge is 0.468 e. The molecule has 3 aromatic carbocycles. The molecule has 1 atom stereocenters. The third-order valence-electron chi connectivity index (χ3n) is 6.22. The van der Waals surface area contributed by atoms with Crippen LogP contribution in [-0.4, -0.2) is 36.8 Å². The summed E-state index contributed by atoms with van der Waals surface area (Å²) in [5.41, 5.74) is 2.24. The average Bonchev–Trinajstić information content (AvgIpc) is 2.97. The fourth-order valence-corrected chi connectivity index (χ4v) is 7.20. The molecule has 5 rings (SSSR count). The Hall–Kier alpha value is -4.28. The van der Waals surface area contributed by atoms with E-state index in [1.165, 1.54) is 14.2 Å². The highest BCUT2D eigenvalue weighted by Gasteiger charge is 2.40. The van der Waals surface area contributed by atoms with Crippen molar-refractivity contribution in [2.45, 2.75) is 5.66 Å². The van der Waals surface area contributed by atoms with Crippen LogP contribution < -0.4 is 15.9 Å². The lowest BCUT2D eigenvalue weighted by Crippen LogP contribution is -2.35. The molecule has 0 saturated heterocycles. The molecule has 0 fully saturated rings. The highest BCUT2D eigenvalue weighted by molar-refractivity contribution is 7.74. The van der Waals surface area contributed by atoms with E-state index < -0.39 is 25.5 Å². The summed E-state index contributed by atoms with van der Waals surface area (Å²) >= 11 is 0. The number of anilines is 1. The second-order valence-electron chi connectivity index (χ2n) is 8.35. The van der Waals surface area contributed by atoms with Gasteiger partial charge in [-0.05, 0) is 30.7 Å². The SMILES string of the molecule is COC(=O)/C(=C1/C=Cc2ccc3cccnc3c2N1)C(C(=O)OC)P(c1ccccc1)c1ccccc1. The van der Waals surface area contributed by atoms with Gasteiger partial charge in [0, 0.05) is 17.1 Å². The highest BCUT2D eigenvalue weighted by Crippen LogP contribution is 2.46. The Balaban J connectivity index is 1.74. The number of allylic oxidation sites excluding steroid dienone is 1. The summed E-state index contributed by atoms with van der Waals surface area (Å²) in [6.07, 6.45) is 5.46. The van der Waals surface area contributed by atoms with Crippen LogP contribution >= 0.6 is 7.92 Å². The van der Waals surface area contributed by atoms with Gasteiger partial charge in [-0.1, -0.05) is 84.9 Å². The molecule has 4 aromatic rings.